The fourth-order valence-electron chi connectivity index (χ4n) is 2.21. The Balaban J connectivity index is 2.20. The summed E-state index contributed by atoms with van der Waals surface area (Å²) in [5.41, 5.74) is -0.0532. The van der Waals surface area contributed by atoms with Crippen molar-refractivity contribution in [3.05, 3.63) is 23.8 Å². The Kier molecular flexibility index (Phi) is 4.81. The summed E-state index contributed by atoms with van der Waals surface area (Å²) in [6, 6.07) is 3.55. The average Bonchev–Trinajstić information content (AvgIpc) is 2.97. The molecule has 0 spiro atoms. The molecule has 116 valence electrons. The third-order valence-electron chi connectivity index (χ3n) is 3.33. The highest BCUT2D eigenvalue weighted by atomic mass is 32.2. The first-order chi connectivity index (χ1) is 9.94. The molecule has 0 saturated heterocycles. The maximum atomic E-state index is 12.2. The molecule has 2 N–H and O–H groups in total. The zero-order valence-corrected chi connectivity index (χ0v) is 12.4. The number of carbonyl (C=O) groups is 1. The van der Waals surface area contributed by atoms with Crippen LogP contribution in [0.3, 0.4) is 0 Å². The maximum Gasteiger partial charge on any atom is 0.335 e. The zero-order chi connectivity index (χ0) is 15.5. The first-order valence-corrected chi connectivity index (χ1v) is 8.01. The van der Waals surface area contributed by atoms with Gasteiger partial charge in [0.15, 0.2) is 0 Å². The van der Waals surface area contributed by atoms with Crippen LogP contribution in [0.25, 0.3) is 0 Å². The molecule has 0 atom stereocenters. The van der Waals surface area contributed by atoms with Crippen molar-refractivity contribution in [2.75, 3.05) is 7.11 Å². The first kappa shape index (κ1) is 15.7. The molecule has 1 aromatic carbocycles. The summed E-state index contributed by atoms with van der Waals surface area (Å²) < 4.78 is 29.3. The summed E-state index contributed by atoms with van der Waals surface area (Å²) in [7, 11) is -2.65. The summed E-state index contributed by atoms with van der Waals surface area (Å²) in [6.45, 7) is 0. The normalized spacial score (nSPS) is 16.0. The number of sulfonamides is 1. The van der Waals surface area contributed by atoms with Gasteiger partial charge in [0.1, 0.15) is 10.6 Å². The highest BCUT2D eigenvalue weighted by Crippen LogP contribution is 2.26. The van der Waals surface area contributed by atoms with E-state index in [1.165, 1.54) is 19.2 Å². The fourth-order valence-corrected chi connectivity index (χ4v) is 3.21. The van der Waals surface area contributed by atoms with Gasteiger partial charge in [0.2, 0.25) is 0 Å². The van der Waals surface area contributed by atoms with Crippen molar-refractivity contribution in [1.82, 2.24) is 4.89 Å². The fraction of sp³-hybridized carbons (Fsp3) is 0.462. The Hall–Kier alpha value is -1.64. The molecule has 0 bridgehead atoms. The Morgan fingerprint density at radius 1 is 1.33 bits per heavy atom. The van der Waals surface area contributed by atoms with Crippen molar-refractivity contribution in [1.29, 1.82) is 0 Å². The smallest absolute Gasteiger partial charge is 0.335 e. The van der Waals surface area contributed by atoms with Crippen LogP contribution in [0.4, 0.5) is 0 Å². The largest absolute Gasteiger partial charge is 0.495 e. The molecule has 7 nitrogen and oxygen atoms in total. The number of hydrogen-bond acceptors (Lipinski definition) is 5. The molecule has 0 aliphatic heterocycles. The van der Waals surface area contributed by atoms with Crippen molar-refractivity contribution in [2.24, 2.45) is 0 Å². The Bertz CT molecular complexity index is 622. The van der Waals surface area contributed by atoms with Crippen LogP contribution in [0, 0.1) is 0 Å². The summed E-state index contributed by atoms with van der Waals surface area (Å²) >= 11 is 0. The van der Waals surface area contributed by atoms with Crippen LogP contribution in [-0.2, 0) is 14.9 Å². The lowest BCUT2D eigenvalue weighted by Crippen LogP contribution is -2.28. The number of carboxylic acids is 1. The second kappa shape index (κ2) is 6.42. The average molecular weight is 315 g/mol. The Labute approximate surface area is 122 Å². The molecular weight excluding hydrogens is 298 g/mol. The van der Waals surface area contributed by atoms with Crippen LogP contribution in [0.5, 0.6) is 5.75 Å². The molecule has 1 aromatic rings. The molecule has 0 radical (unpaired) electrons. The monoisotopic (exact) mass is 315 g/mol. The minimum absolute atomic E-state index is 0.0441. The molecule has 8 heteroatoms. The molecule has 0 heterocycles. The molecule has 1 saturated carbocycles. The van der Waals surface area contributed by atoms with E-state index in [1.807, 2.05) is 0 Å². The number of carboxylic acid groups (broad SMARTS) is 1. The van der Waals surface area contributed by atoms with Crippen molar-refractivity contribution >= 4 is 16.0 Å². The first-order valence-electron chi connectivity index (χ1n) is 6.53. The molecule has 0 aromatic heterocycles. The summed E-state index contributed by atoms with van der Waals surface area (Å²) in [5, 5.41) is 8.90. The molecule has 1 fully saturated rings. The number of aromatic carboxylic acids is 1. The van der Waals surface area contributed by atoms with Crippen molar-refractivity contribution in [3.63, 3.8) is 0 Å². The van der Waals surface area contributed by atoms with Gasteiger partial charge in [0.25, 0.3) is 10.0 Å². The van der Waals surface area contributed by atoms with E-state index in [0.717, 1.165) is 31.7 Å². The lowest BCUT2D eigenvalue weighted by molar-refractivity contribution is 0.0223. The number of hydrogen-bond donors (Lipinski definition) is 2. The van der Waals surface area contributed by atoms with Crippen LogP contribution in [0.1, 0.15) is 36.0 Å². The van der Waals surface area contributed by atoms with Crippen LogP contribution >= 0.6 is 0 Å². The van der Waals surface area contributed by atoms with E-state index in [1.54, 1.807) is 0 Å². The lowest BCUT2D eigenvalue weighted by Gasteiger charge is -2.14. The molecule has 21 heavy (non-hydrogen) atoms. The molecule has 2 rings (SSSR count). The topological polar surface area (TPSA) is 102 Å². The van der Waals surface area contributed by atoms with Crippen LogP contribution < -0.4 is 9.62 Å². The highest BCUT2D eigenvalue weighted by Gasteiger charge is 2.24. The molecule has 1 aliphatic carbocycles. The van der Waals surface area contributed by atoms with Crippen LogP contribution in [-0.4, -0.2) is 32.7 Å². The second-order valence-corrected chi connectivity index (χ2v) is 6.40. The minimum Gasteiger partial charge on any atom is -0.495 e. The van der Waals surface area contributed by atoms with Crippen LogP contribution in [0.2, 0.25) is 0 Å². The quantitative estimate of drug-likeness (QED) is 0.772. The van der Waals surface area contributed by atoms with Gasteiger partial charge in [0.05, 0.1) is 18.8 Å². The summed E-state index contributed by atoms with van der Waals surface area (Å²) in [5.74, 6) is -1.20. The van der Waals surface area contributed by atoms with Crippen LogP contribution in [0.15, 0.2) is 23.1 Å². The van der Waals surface area contributed by atoms with E-state index in [0.29, 0.717) is 0 Å². The highest BCUT2D eigenvalue weighted by molar-refractivity contribution is 7.89. The third kappa shape index (κ3) is 3.72. The van der Waals surface area contributed by atoms with Gasteiger partial charge in [-0.25, -0.2) is 13.2 Å². The molecular formula is C13H17NO6S. The van der Waals surface area contributed by atoms with Gasteiger partial charge in [-0.1, -0.05) is 17.7 Å². The van der Waals surface area contributed by atoms with E-state index < -0.39 is 16.0 Å². The van der Waals surface area contributed by atoms with E-state index in [4.69, 9.17) is 14.7 Å². The SMILES string of the molecule is COc1cc(C(=O)O)ccc1S(=O)(=O)NOC1CCCC1. The van der Waals surface area contributed by atoms with E-state index in [-0.39, 0.29) is 22.3 Å². The van der Waals surface area contributed by atoms with E-state index in [2.05, 4.69) is 4.89 Å². The minimum atomic E-state index is -3.92. The maximum absolute atomic E-state index is 12.2. The second-order valence-electron chi connectivity index (χ2n) is 4.78. The van der Waals surface area contributed by atoms with Gasteiger partial charge in [0, 0.05) is 0 Å². The predicted molar refractivity (Wildman–Crippen MR) is 73.6 cm³/mol. The van der Waals surface area contributed by atoms with Crippen molar-refractivity contribution < 1.29 is 27.9 Å². The number of rotatable bonds is 6. The molecule has 0 amide bonds. The van der Waals surface area contributed by atoms with Gasteiger partial charge in [-0.3, -0.25) is 4.84 Å². The molecule has 1 aliphatic rings. The summed E-state index contributed by atoms with van der Waals surface area (Å²) in [4.78, 5) is 18.0. The standard InChI is InChI=1S/C13H17NO6S/c1-19-11-8-9(13(15)16)6-7-12(11)21(17,18)14-20-10-4-2-3-5-10/h6-8,10,14H,2-5H2,1H3,(H,15,16). The third-order valence-corrected chi connectivity index (χ3v) is 4.56. The number of ether oxygens (including phenoxy) is 1. The van der Waals surface area contributed by atoms with E-state index in [9.17, 15) is 13.2 Å². The lowest BCUT2D eigenvalue weighted by atomic mass is 10.2. The van der Waals surface area contributed by atoms with Gasteiger partial charge in [-0.2, -0.15) is 0 Å². The van der Waals surface area contributed by atoms with Gasteiger partial charge < -0.3 is 9.84 Å². The van der Waals surface area contributed by atoms with Crippen molar-refractivity contribution in [2.45, 2.75) is 36.7 Å². The predicted octanol–water partition coefficient (Wildman–Crippen LogP) is 1.55. The zero-order valence-electron chi connectivity index (χ0n) is 11.5. The van der Waals surface area contributed by atoms with Crippen molar-refractivity contribution in [3.8, 4) is 5.75 Å². The Morgan fingerprint density at radius 2 is 2.00 bits per heavy atom. The number of nitrogens with one attached hydrogen (secondary N) is 1. The molecule has 0 unspecified atom stereocenters. The number of benzene rings is 1. The Morgan fingerprint density at radius 3 is 2.57 bits per heavy atom. The van der Waals surface area contributed by atoms with Gasteiger partial charge in [-0.15, -0.1) is 0 Å². The van der Waals surface area contributed by atoms with Gasteiger partial charge >= 0.3 is 5.97 Å². The van der Waals surface area contributed by atoms with E-state index >= 15 is 0 Å². The van der Waals surface area contributed by atoms with Gasteiger partial charge in [-0.05, 0) is 31.0 Å². The summed E-state index contributed by atoms with van der Waals surface area (Å²) in [6.07, 6.45) is 3.55. The number of methoxy groups -OCH3 is 1.